The number of amides is 1. The Bertz CT molecular complexity index is 708. The number of nitrogens with one attached hydrogen (secondary N) is 1. The molecule has 0 saturated carbocycles. The summed E-state index contributed by atoms with van der Waals surface area (Å²) >= 11 is 11.8. The summed E-state index contributed by atoms with van der Waals surface area (Å²) in [5.41, 5.74) is -0.182. The van der Waals surface area contributed by atoms with Crippen LogP contribution in [0.25, 0.3) is 0 Å². The van der Waals surface area contributed by atoms with Gasteiger partial charge in [-0.15, -0.1) is 0 Å². The van der Waals surface area contributed by atoms with Crippen LogP contribution in [0.15, 0.2) is 28.8 Å². The van der Waals surface area contributed by atoms with E-state index in [0.29, 0.717) is 27.4 Å². The van der Waals surface area contributed by atoms with Crippen LogP contribution in [0.1, 0.15) is 33.5 Å². The third-order valence-corrected chi connectivity index (χ3v) is 3.81. The summed E-state index contributed by atoms with van der Waals surface area (Å²) < 4.78 is 10.8. The second-order valence-corrected chi connectivity index (χ2v) is 6.97. The fourth-order valence-corrected chi connectivity index (χ4v) is 2.01. The fourth-order valence-electron chi connectivity index (χ4n) is 1.72. The van der Waals surface area contributed by atoms with Crippen molar-refractivity contribution in [1.82, 2.24) is 5.16 Å². The first-order valence-corrected chi connectivity index (χ1v) is 7.82. The van der Waals surface area contributed by atoms with E-state index in [9.17, 15) is 4.79 Å². The van der Waals surface area contributed by atoms with Crippen LogP contribution >= 0.6 is 23.2 Å². The van der Waals surface area contributed by atoms with Gasteiger partial charge < -0.3 is 14.6 Å². The Morgan fingerprint density at radius 1 is 1.26 bits per heavy atom. The summed E-state index contributed by atoms with van der Waals surface area (Å²) in [4.78, 5) is 12.2. The van der Waals surface area contributed by atoms with Crippen LogP contribution in [-0.4, -0.2) is 17.2 Å². The molecule has 0 fully saturated rings. The number of anilines is 1. The molecule has 1 amide bonds. The van der Waals surface area contributed by atoms with E-state index in [2.05, 4.69) is 10.5 Å². The van der Waals surface area contributed by atoms with Gasteiger partial charge in [0.1, 0.15) is 11.5 Å². The van der Waals surface area contributed by atoms with Crippen LogP contribution in [0.3, 0.4) is 0 Å². The predicted molar refractivity (Wildman–Crippen MR) is 90.4 cm³/mol. The molecule has 0 saturated heterocycles. The molecule has 23 heavy (non-hydrogen) atoms. The molecule has 0 aliphatic rings. The van der Waals surface area contributed by atoms with E-state index in [0.717, 1.165) is 0 Å². The van der Waals surface area contributed by atoms with Crippen molar-refractivity contribution in [2.24, 2.45) is 0 Å². The number of hydrogen-bond donors (Lipinski definition) is 1. The molecule has 1 aromatic carbocycles. The zero-order valence-corrected chi connectivity index (χ0v) is 14.8. The second kappa shape index (κ2) is 6.81. The molecule has 1 atom stereocenters. The summed E-state index contributed by atoms with van der Waals surface area (Å²) in [6.07, 6.45) is -0.734. The van der Waals surface area contributed by atoms with Crippen molar-refractivity contribution in [2.75, 3.05) is 5.32 Å². The Hall–Kier alpha value is -1.72. The lowest BCUT2D eigenvalue weighted by Crippen LogP contribution is -2.30. The third kappa shape index (κ3) is 4.62. The summed E-state index contributed by atoms with van der Waals surface area (Å²) in [5, 5.41) is 7.28. The minimum atomic E-state index is -0.734. The van der Waals surface area contributed by atoms with Gasteiger partial charge in [-0.3, -0.25) is 4.79 Å². The monoisotopic (exact) mass is 356 g/mol. The number of aromatic nitrogens is 1. The molecule has 0 radical (unpaired) electrons. The SMILES string of the molecule is CC(Oc1ccc(Cl)c(Cl)c1)C(=O)Nc1cc(C(C)(C)C)on1. The van der Waals surface area contributed by atoms with Crippen LogP contribution in [0.2, 0.25) is 10.0 Å². The minimum absolute atomic E-state index is 0.182. The maximum absolute atomic E-state index is 12.2. The quantitative estimate of drug-likeness (QED) is 0.863. The number of halogens is 2. The third-order valence-electron chi connectivity index (χ3n) is 3.07. The zero-order chi connectivity index (χ0) is 17.2. The number of carbonyl (C=O) groups is 1. The zero-order valence-electron chi connectivity index (χ0n) is 13.3. The number of carbonyl (C=O) groups excluding carboxylic acids is 1. The number of hydrogen-bond acceptors (Lipinski definition) is 4. The highest BCUT2D eigenvalue weighted by Crippen LogP contribution is 2.27. The molecule has 5 nitrogen and oxygen atoms in total. The van der Waals surface area contributed by atoms with Crippen molar-refractivity contribution in [3.8, 4) is 5.75 Å². The van der Waals surface area contributed by atoms with Crippen LogP contribution in [0, 0.1) is 0 Å². The predicted octanol–water partition coefficient (Wildman–Crippen LogP) is 4.68. The standard InChI is InChI=1S/C16H18Cl2N2O3/c1-9(22-10-5-6-11(17)12(18)7-10)15(21)19-14-8-13(23-20-14)16(2,3)4/h5-9H,1-4H3,(H,19,20,21). The maximum atomic E-state index is 12.2. The molecule has 2 aromatic rings. The van der Waals surface area contributed by atoms with Crippen molar-refractivity contribution in [1.29, 1.82) is 0 Å². The number of nitrogens with zero attached hydrogens (tertiary/aromatic N) is 1. The molecule has 1 N–H and O–H groups in total. The lowest BCUT2D eigenvalue weighted by molar-refractivity contribution is -0.122. The van der Waals surface area contributed by atoms with E-state index in [-0.39, 0.29) is 11.3 Å². The maximum Gasteiger partial charge on any atom is 0.266 e. The first kappa shape index (κ1) is 17.6. The minimum Gasteiger partial charge on any atom is -0.481 e. The molecule has 0 spiro atoms. The van der Waals surface area contributed by atoms with Crippen molar-refractivity contribution >= 4 is 34.9 Å². The summed E-state index contributed by atoms with van der Waals surface area (Å²) in [5.74, 6) is 1.15. The van der Waals surface area contributed by atoms with Crippen molar-refractivity contribution in [2.45, 2.75) is 39.2 Å². The molecule has 1 unspecified atom stereocenters. The van der Waals surface area contributed by atoms with Crippen LogP contribution < -0.4 is 10.1 Å². The Kier molecular flexibility index (Phi) is 5.22. The van der Waals surface area contributed by atoms with Gasteiger partial charge >= 0.3 is 0 Å². The van der Waals surface area contributed by atoms with Gasteiger partial charge in [-0.05, 0) is 19.1 Å². The molecule has 0 aliphatic carbocycles. The van der Waals surface area contributed by atoms with Gasteiger partial charge in [0.2, 0.25) is 0 Å². The topological polar surface area (TPSA) is 64.4 Å². The van der Waals surface area contributed by atoms with Crippen molar-refractivity contribution in [3.63, 3.8) is 0 Å². The molecule has 0 bridgehead atoms. The summed E-state index contributed by atoms with van der Waals surface area (Å²) in [7, 11) is 0. The highest BCUT2D eigenvalue weighted by Gasteiger charge is 2.22. The molecule has 2 rings (SSSR count). The molecular formula is C16H18Cl2N2O3. The molecule has 1 aromatic heterocycles. The van der Waals surface area contributed by atoms with Crippen molar-refractivity contribution < 1.29 is 14.1 Å². The van der Waals surface area contributed by atoms with E-state index in [1.807, 2.05) is 20.8 Å². The van der Waals surface area contributed by atoms with Gasteiger partial charge in [0.15, 0.2) is 11.9 Å². The van der Waals surface area contributed by atoms with Gasteiger partial charge in [0.25, 0.3) is 5.91 Å². The van der Waals surface area contributed by atoms with Gasteiger partial charge in [0, 0.05) is 17.5 Å². The number of rotatable bonds is 4. The molecule has 0 aliphatic heterocycles. The van der Waals surface area contributed by atoms with Gasteiger partial charge in [-0.2, -0.15) is 0 Å². The first-order chi connectivity index (χ1) is 10.7. The smallest absolute Gasteiger partial charge is 0.266 e. The fraction of sp³-hybridized carbons (Fsp3) is 0.375. The average molecular weight is 357 g/mol. The molecular weight excluding hydrogens is 339 g/mol. The second-order valence-electron chi connectivity index (χ2n) is 6.15. The van der Waals surface area contributed by atoms with Crippen molar-refractivity contribution in [3.05, 3.63) is 40.1 Å². The van der Waals surface area contributed by atoms with Gasteiger partial charge in [-0.25, -0.2) is 0 Å². The lowest BCUT2D eigenvalue weighted by atomic mass is 9.93. The first-order valence-electron chi connectivity index (χ1n) is 7.06. The highest BCUT2D eigenvalue weighted by atomic mass is 35.5. The summed E-state index contributed by atoms with van der Waals surface area (Å²) in [6.45, 7) is 7.61. The van der Waals surface area contributed by atoms with E-state index in [4.69, 9.17) is 32.5 Å². The number of benzene rings is 1. The average Bonchev–Trinajstić information content (AvgIpc) is 2.91. The number of ether oxygens (including phenoxy) is 1. The Balaban J connectivity index is 1.99. The van der Waals surface area contributed by atoms with E-state index in [1.54, 1.807) is 31.2 Å². The van der Waals surface area contributed by atoms with E-state index >= 15 is 0 Å². The lowest BCUT2D eigenvalue weighted by Gasteiger charge is -2.14. The van der Waals surface area contributed by atoms with Gasteiger partial charge in [-0.1, -0.05) is 49.1 Å². The van der Waals surface area contributed by atoms with E-state index < -0.39 is 6.10 Å². The van der Waals surface area contributed by atoms with Crippen LogP contribution in [-0.2, 0) is 10.2 Å². The summed E-state index contributed by atoms with van der Waals surface area (Å²) in [6, 6.07) is 6.51. The Labute approximate surface area is 144 Å². The normalized spacial score (nSPS) is 12.8. The molecule has 124 valence electrons. The van der Waals surface area contributed by atoms with Crippen LogP contribution in [0.5, 0.6) is 5.75 Å². The highest BCUT2D eigenvalue weighted by molar-refractivity contribution is 6.42. The largest absolute Gasteiger partial charge is 0.481 e. The van der Waals surface area contributed by atoms with Crippen LogP contribution in [0.4, 0.5) is 5.82 Å². The van der Waals surface area contributed by atoms with Gasteiger partial charge in [0.05, 0.1) is 10.0 Å². The molecule has 1 heterocycles. The van der Waals surface area contributed by atoms with E-state index in [1.165, 1.54) is 0 Å². The Morgan fingerprint density at radius 3 is 2.52 bits per heavy atom. The Morgan fingerprint density at radius 2 is 1.96 bits per heavy atom. The molecule has 7 heteroatoms.